The standard InChI is InChI=1S/C28H40N4O2/c1-16(2)10-19-12-20(13-19)26-30-31-27(32(26)21-7-8-21)23-14-22(34-5)15-24(23)28(33)29-25-9-6-17(3)11-18(25)4/h6,9,11,16,19-24H,7-8,10,12-15H2,1-5H3,(H,29,33)/t19?,20?,22?,23-,24-/m1/s1. The van der Waals surface area contributed by atoms with Crippen LogP contribution in [0.5, 0.6) is 0 Å². The minimum Gasteiger partial charge on any atom is -0.381 e. The summed E-state index contributed by atoms with van der Waals surface area (Å²) in [5, 5.41) is 12.7. The van der Waals surface area contributed by atoms with Gasteiger partial charge in [0.05, 0.1) is 12.0 Å². The van der Waals surface area contributed by atoms with Crippen molar-refractivity contribution in [3.05, 3.63) is 41.0 Å². The van der Waals surface area contributed by atoms with Crippen LogP contribution in [0.3, 0.4) is 0 Å². The van der Waals surface area contributed by atoms with E-state index in [1.807, 2.05) is 19.1 Å². The summed E-state index contributed by atoms with van der Waals surface area (Å²) in [6, 6.07) is 6.68. The van der Waals surface area contributed by atoms with Crippen LogP contribution in [0.15, 0.2) is 18.2 Å². The summed E-state index contributed by atoms with van der Waals surface area (Å²) in [6.45, 7) is 8.75. The first-order valence-electron chi connectivity index (χ1n) is 13.2. The average Bonchev–Trinajstić information content (AvgIpc) is 3.36. The van der Waals surface area contributed by atoms with Crippen molar-refractivity contribution in [3.63, 3.8) is 0 Å². The summed E-state index contributed by atoms with van der Waals surface area (Å²) >= 11 is 0. The monoisotopic (exact) mass is 464 g/mol. The maximum atomic E-state index is 13.5. The summed E-state index contributed by atoms with van der Waals surface area (Å²) in [5.41, 5.74) is 3.19. The first-order valence-corrected chi connectivity index (χ1v) is 13.2. The number of methoxy groups -OCH3 is 1. The maximum absolute atomic E-state index is 13.5. The average molecular weight is 465 g/mol. The van der Waals surface area contributed by atoms with E-state index in [9.17, 15) is 4.79 Å². The van der Waals surface area contributed by atoms with E-state index in [2.05, 4.69) is 36.7 Å². The van der Waals surface area contributed by atoms with E-state index in [4.69, 9.17) is 14.9 Å². The highest BCUT2D eigenvalue weighted by atomic mass is 16.5. The Morgan fingerprint density at radius 3 is 2.50 bits per heavy atom. The molecule has 184 valence electrons. The van der Waals surface area contributed by atoms with Gasteiger partial charge in [0.15, 0.2) is 0 Å². The Balaban J connectivity index is 1.38. The number of hydrogen-bond donors (Lipinski definition) is 1. The molecule has 0 bridgehead atoms. The van der Waals surface area contributed by atoms with Crippen LogP contribution in [0.2, 0.25) is 0 Å². The molecule has 3 aliphatic carbocycles. The predicted molar refractivity (Wildman–Crippen MR) is 134 cm³/mol. The molecule has 3 aliphatic rings. The molecular formula is C28H40N4O2. The fourth-order valence-electron chi connectivity index (χ4n) is 6.30. The summed E-state index contributed by atoms with van der Waals surface area (Å²) in [5.74, 6) is 4.25. The Hall–Kier alpha value is -2.21. The Kier molecular flexibility index (Phi) is 6.54. The van der Waals surface area contributed by atoms with Crippen LogP contribution in [-0.2, 0) is 9.53 Å². The Morgan fingerprint density at radius 2 is 1.85 bits per heavy atom. The fourth-order valence-corrected chi connectivity index (χ4v) is 6.30. The van der Waals surface area contributed by atoms with Gasteiger partial charge in [-0.3, -0.25) is 4.79 Å². The van der Waals surface area contributed by atoms with E-state index in [0.717, 1.165) is 41.8 Å². The summed E-state index contributed by atoms with van der Waals surface area (Å²) in [7, 11) is 1.76. The predicted octanol–water partition coefficient (Wildman–Crippen LogP) is 5.92. The number of carbonyl (C=O) groups excluding carboxylic acids is 1. The highest BCUT2D eigenvalue weighted by Crippen LogP contribution is 2.50. The van der Waals surface area contributed by atoms with E-state index >= 15 is 0 Å². The van der Waals surface area contributed by atoms with Crippen LogP contribution < -0.4 is 5.32 Å². The van der Waals surface area contributed by atoms with Crippen LogP contribution in [0, 0.1) is 31.6 Å². The third-order valence-electron chi connectivity index (χ3n) is 8.23. The zero-order chi connectivity index (χ0) is 24.0. The lowest BCUT2D eigenvalue weighted by molar-refractivity contribution is -0.120. The molecule has 5 rings (SSSR count). The quantitative estimate of drug-likeness (QED) is 0.527. The molecule has 1 heterocycles. The number of amides is 1. The van der Waals surface area contributed by atoms with Gasteiger partial charge in [0.25, 0.3) is 0 Å². The molecule has 3 fully saturated rings. The number of ether oxygens (including phenoxy) is 1. The van der Waals surface area contributed by atoms with E-state index in [-0.39, 0.29) is 23.8 Å². The van der Waals surface area contributed by atoms with Crippen molar-refractivity contribution in [3.8, 4) is 0 Å². The van der Waals surface area contributed by atoms with Crippen molar-refractivity contribution in [1.82, 2.24) is 14.8 Å². The zero-order valence-corrected chi connectivity index (χ0v) is 21.4. The highest BCUT2D eigenvalue weighted by Gasteiger charge is 2.46. The molecule has 1 aromatic heterocycles. The number of nitrogens with one attached hydrogen (secondary N) is 1. The second-order valence-corrected chi connectivity index (χ2v) is 11.5. The molecule has 1 unspecified atom stereocenters. The van der Waals surface area contributed by atoms with Crippen molar-refractivity contribution >= 4 is 11.6 Å². The number of nitrogens with zero attached hydrogens (tertiary/aromatic N) is 3. The van der Waals surface area contributed by atoms with Gasteiger partial charge in [-0.1, -0.05) is 31.5 Å². The molecule has 34 heavy (non-hydrogen) atoms. The number of aromatic nitrogens is 3. The van der Waals surface area contributed by atoms with Crippen molar-refractivity contribution in [1.29, 1.82) is 0 Å². The summed E-state index contributed by atoms with van der Waals surface area (Å²) in [4.78, 5) is 13.5. The molecule has 3 saturated carbocycles. The minimum absolute atomic E-state index is 0.0455. The zero-order valence-electron chi connectivity index (χ0n) is 21.4. The number of hydrogen-bond acceptors (Lipinski definition) is 4. The molecule has 1 aromatic carbocycles. The van der Waals surface area contributed by atoms with Crippen LogP contribution in [0.4, 0.5) is 5.69 Å². The van der Waals surface area contributed by atoms with Crippen molar-refractivity contribution in [2.75, 3.05) is 12.4 Å². The molecule has 1 amide bonds. The Morgan fingerprint density at radius 1 is 1.12 bits per heavy atom. The molecule has 0 aliphatic heterocycles. The number of rotatable bonds is 8. The lowest BCUT2D eigenvalue weighted by Gasteiger charge is -2.36. The summed E-state index contributed by atoms with van der Waals surface area (Å²) in [6.07, 6.45) is 7.78. The van der Waals surface area contributed by atoms with Crippen molar-refractivity contribution in [2.24, 2.45) is 17.8 Å². The maximum Gasteiger partial charge on any atom is 0.228 e. The molecule has 0 radical (unpaired) electrons. The van der Waals surface area contributed by atoms with Crippen LogP contribution in [0.1, 0.15) is 99.4 Å². The third-order valence-corrected chi connectivity index (χ3v) is 8.23. The first-order chi connectivity index (χ1) is 16.3. The van der Waals surface area contributed by atoms with Gasteiger partial charge in [-0.05, 0) is 82.3 Å². The largest absolute Gasteiger partial charge is 0.381 e. The fraction of sp³-hybridized carbons (Fsp3) is 0.679. The Labute approximate surface area is 203 Å². The number of aryl methyl sites for hydroxylation is 2. The molecule has 3 atom stereocenters. The third kappa shape index (κ3) is 4.66. The minimum atomic E-state index is -0.157. The molecule has 0 saturated heterocycles. The number of benzene rings is 1. The molecule has 6 nitrogen and oxygen atoms in total. The number of anilines is 1. The SMILES string of the molecule is COC1C[C@@H](C(=O)Nc2ccc(C)cc2C)[C@H](c2nnc(C3CC(CC(C)C)C3)n2C2CC2)C1. The summed E-state index contributed by atoms with van der Waals surface area (Å²) < 4.78 is 8.19. The lowest BCUT2D eigenvalue weighted by Crippen LogP contribution is -2.28. The van der Waals surface area contributed by atoms with Crippen molar-refractivity contribution in [2.45, 2.75) is 96.6 Å². The smallest absolute Gasteiger partial charge is 0.228 e. The van der Waals surface area contributed by atoms with Gasteiger partial charge >= 0.3 is 0 Å². The van der Waals surface area contributed by atoms with Gasteiger partial charge in [0.2, 0.25) is 5.91 Å². The van der Waals surface area contributed by atoms with E-state index in [1.165, 1.54) is 43.5 Å². The molecule has 6 heteroatoms. The van der Waals surface area contributed by atoms with E-state index in [0.29, 0.717) is 12.0 Å². The van der Waals surface area contributed by atoms with Gasteiger partial charge in [-0.25, -0.2) is 0 Å². The van der Waals surface area contributed by atoms with E-state index < -0.39 is 0 Å². The van der Waals surface area contributed by atoms with Crippen LogP contribution >= 0.6 is 0 Å². The second kappa shape index (κ2) is 9.44. The molecule has 0 spiro atoms. The lowest BCUT2D eigenvalue weighted by atomic mass is 9.71. The van der Waals surface area contributed by atoms with Gasteiger partial charge in [-0.2, -0.15) is 0 Å². The topological polar surface area (TPSA) is 69.0 Å². The van der Waals surface area contributed by atoms with E-state index in [1.54, 1.807) is 7.11 Å². The normalized spacial score (nSPS) is 28.8. The number of carbonyl (C=O) groups is 1. The highest BCUT2D eigenvalue weighted by molar-refractivity contribution is 5.94. The van der Waals surface area contributed by atoms with Gasteiger partial charge in [-0.15, -0.1) is 10.2 Å². The molecular weight excluding hydrogens is 424 g/mol. The first kappa shape index (κ1) is 23.5. The van der Waals surface area contributed by atoms with Gasteiger partial charge in [0.1, 0.15) is 11.6 Å². The molecule has 2 aromatic rings. The van der Waals surface area contributed by atoms with Crippen LogP contribution in [-0.4, -0.2) is 33.9 Å². The van der Waals surface area contributed by atoms with Crippen molar-refractivity contribution < 1.29 is 9.53 Å². The Bertz CT molecular complexity index is 1040. The van der Waals surface area contributed by atoms with Gasteiger partial charge in [0, 0.05) is 30.7 Å². The van der Waals surface area contributed by atoms with Gasteiger partial charge < -0.3 is 14.6 Å². The molecule has 1 N–H and O–H groups in total. The second-order valence-electron chi connectivity index (χ2n) is 11.5. The van der Waals surface area contributed by atoms with Crippen LogP contribution in [0.25, 0.3) is 0 Å².